The summed E-state index contributed by atoms with van der Waals surface area (Å²) in [6, 6.07) is -0.138. The lowest BCUT2D eigenvalue weighted by atomic mass is 9.91. The molecule has 0 unspecified atom stereocenters. The van der Waals surface area contributed by atoms with Crippen LogP contribution >= 0.6 is 11.8 Å². The van der Waals surface area contributed by atoms with Gasteiger partial charge >= 0.3 is 0 Å². The van der Waals surface area contributed by atoms with Crippen molar-refractivity contribution in [3.63, 3.8) is 0 Å². The van der Waals surface area contributed by atoms with Gasteiger partial charge in [0.15, 0.2) is 5.09 Å². The Balaban J connectivity index is 1.91. The first-order valence-electron chi connectivity index (χ1n) is 6.74. The summed E-state index contributed by atoms with van der Waals surface area (Å²) in [5.74, 6) is 0.177. The molecule has 0 aromatic rings. The van der Waals surface area contributed by atoms with Gasteiger partial charge in [0.25, 0.3) is 0 Å². The predicted molar refractivity (Wildman–Crippen MR) is 74.3 cm³/mol. The number of rotatable bonds is 1. The van der Waals surface area contributed by atoms with E-state index in [2.05, 4.69) is 0 Å². The predicted octanol–water partition coefficient (Wildman–Crippen LogP) is 2.01. The SMILES string of the molecule is CC1(C)SC2=C([C@H]1O)[C@@H](N1CCCCC1=O)C=CO2. The maximum atomic E-state index is 12.1. The molecule has 104 valence electrons. The molecule has 0 aliphatic carbocycles. The van der Waals surface area contributed by atoms with Gasteiger partial charge in [-0.05, 0) is 32.8 Å². The van der Waals surface area contributed by atoms with E-state index in [1.54, 1.807) is 18.0 Å². The zero-order valence-corrected chi connectivity index (χ0v) is 12.1. The molecule has 1 fully saturated rings. The summed E-state index contributed by atoms with van der Waals surface area (Å²) in [6.07, 6.45) is 5.57. The summed E-state index contributed by atoms with van der Waals surface area (Å²) >= 11 is 1.55. The van der Waals surface area contributed by atoms with Gasteiger partial charge in [0.2, 0.25) is 5.91 Å². The Morgan fingerprint density at radius 1 is 1.47 bits per heavy atom. The van der Waals surface area contributed by atoms with Crippen LogP contribution in [0.1, 0.15) is 33.1 Å². The molecular weight excluding hydrogens is 262 g/mol. The molecule has 2 atom stereocenters. The number of thioether (sulfide) groups is 1. The van der Waals surface area contributed by atoms with Crippen molar-refractivity contribution in [3.05, 3.63) is 23.0 Å². The second kappa shape index (κ2) is 4.56. The number of hydrogen-bond donors (Lipinski definition) is 1. The van der Waals surface area contributed by atoms with Crippen molar-refractivity contribution in [2.24, 2.45) is 0 Å². The van der Waals surface area contributed by atoms with Crippen LogP contribution in [0.2, 0.25) is 0 Å². The van der Waals surface area contributed by atoms with Crippen LogP contribution in [0.3, 0.4) is 0 Å². The van der Waals surface area contributed by atoms with Gasteiger partial charge in [0.1, 0.15) is 0 Å². The van der Waals surface area contributed by atoms with E-state index in [1.807, 2.05) is 24.8 Å². The fourth-order valence-electron chi connectivity index (χ4n) is 2.89. The molecule has 3 rings (SSSR count). The fourth-order valence-corrected chi connectivity index (χ4v) is 4.06. The Morgan fingerprint density at radius 2 is 2.26 bits per heavy atom. The molecule has 0 saturated carbocycles. The quantitative estimate of drug-likeness (QED) is 0.799. The zero-order chi connectivity index (χ0) is 13.6. The molecule has 1 N–H and O–H groups in total. The second-order valence-corrected chi connectivity index (χ2v) is 7.41. The highest BCUT2D eigenvalue weighted by molar-refractivity contribution is 8.04. The maximum Gasteiger partial charge on any atom is 0.223 e. The van der Waals surface area contributed by atoms with Gasteiger partial charge < -0.3 is 14.7 Å². The van der Waals surface area contributed by atoms with Crippen molar-refractivity contribution >= 4 is 17.7 Å². The van der Waals surface area contributed by atoms with Gasteiger partial charge in [0.05, 0.1) is 18.4 Å². The topological polar surface area (TPSA) is 49.8 Å². The number of aliphatic hydroxyl groups is 1. The van der Waals surface area contributed by atoms with Crippen molar-refractivity contribution in [2.75, 3.05) is 6.54 Å². The minimum absolute atomic E-state index is 0.138. The van der Waals surface area contributed by atoms with E-state index in [-0.39, 0.29) is 16.7 Å². The van der Waals surface area contributed by atoms with Crippen LogP contribution in [0.4, 0.5) is 0 Å². The van der Waals surface area contributed by atoms with Crippen LogP contribution < -0.4 is 0 Å². The van der Waals surface area contributed by atoms with Gasteiger partial charge in [-0.25, -0.2) is 0 Å². The summed E-state index contributed by atoms with van der Waals surface area (Å²) in [4.78, 5) is 14.0. The Kier molecular flexibility index (Phi) is 3.14. The molecule has 5 heteroatoms. The number of piperidine rings is 1. The number of hydrogen-bond acceptors (Lipinski definition) is 4. The van der Waals surface area contributed by atoms with Crippen LogP contribution in [0.15, 0.2) is 23.0 Å². The van der Waals surface area contributed by atoms with E-state index in [0.717, 1.165) is 30.1 Å². The van der Waals surface area contributed by atoms with E-state index in [0.29, 0.717) is 6.42 Å². The minimum atomic E-state index is -0.572. The number of carbonyl (C=O) groups excluding carboxylic acids is 1. The standard InChI is InChI=1S/C14H19NO3S/c1-14(2)12(17)11-9(6-8-18-13(11)19-14)15-7-4-3-5-10(15)16/h6,8-9,12,17H,3-5,7H2,1-2H3/t9-,12+/m0/s1. The number of likely N-dealkylation sites (tertiary alicyclic amines) is 1. The summed E-state index contributed by atoms with van der Waals surface area (Å²) < 4.78 is 5.23. The monoisotopic (exact) mass is 281 g/mol. The molecule has 1 amide bonds. The first kappa shape index (κ1) is 13.1. The van der Waals surface area contributed by atoms with Gasteiger partial charge in [0, 0.05) is 23.3 Å². The molecule has 0 spiro atoms. The van der Waals surface area contributed by atoms with Crippen LogP contribution in [-0.2, 0) is 9.53 Å². The van der Waals surface area contributed by atoms with Crippen LogP contribution in [-0.4, -0.2) is 39.4 Å². The molecule has 0 bridgehead atoms. The molecule has 1 saturated heterocycles. The third kappa shape index (κ3) is 2.09. The van der Waals surface area contributed by atoms with Crippen molar-refractivity contribution in [3.8, 4) is 0 Å². The molecule has 0 aromatic heterocycles. The highest BCUT2D eigenvalue weighted by Crippen LogP contribution is 2.50. The van der Waals surface area contributed by atoms with E-state index in [9.17, 15) is 9.90 Å². The molecule has 19 heavy (non-hydrogen) atoms. The summed E-state index contributed by atoms with van der Waals surface area (Å²) in [7, 11) is 0. The van der Waals surface area contributed by atoms with Crippen molar-refractivity contribution < 1.29 is 14.6 Å². The normalized spacial score (nSPS) is 33.4. The highest BCUT2D eigenvalue weighted by Gasteiger charge is 2.47. The van der Waals surface area contributed by atoms with Crippen LogP contribution in [0.25, 0.3) is 0 Å². The minimum Gasteiger partial charge on any atom is -0.458 e. The van der Waals surface area contributed by atoms with E-state index in [1.165, 1.54) is 0 Å². The number of aliphatic hydroxyl groups excluding tert-OH is 1. The summed E-state index contributed by atoms with van der Waals surface area (Å²) in [5, 5.41) is 11.3. The number of amides is 1. The fraction of sp³-hybridized carbons (Fsp3) is 0.643. The molecule has 3 heterocycles. The lowest BCUT2D eigenvalue weighted by Crippen LogP contribution is -2.47. The first-order valence-corrected chi connectivity index (χ1v) is 7.56. The number of ether oxygens (including phenoxy) is 1. The largest absolute Gasteiger partial charge is 0.458 e. The number of carbonyl (C=O) groups is 1. The first-order chi connectivity index (χ1) is 9.00. The van der Waals surface area contributed by atoms with E-state index < -0.39 is 6.10 Å². The van der Waals surface area contributed by atoms with E-state index >= 15 is 0 Å². The summed E-state index contributed by atoms with van der Waals surface area (Å²) in [5.41, 5.74) is 0.854. The smallest absolute Gasteiger partial charge is 0.223 e. The molecule has 3 aliphatic heterocycles. The highest BCUT2D eigenvalue weighted by atomic mass is 32.2. The van der Waals surface area contributed by atoms with Crippen LogP contribution in [0.5, 0.6) is 0 Å². The van der Waals surface area contributed by atoms with Crippen molar-refractivity contribution in [2.45, 2.75) is 50.0 Å². The third-order valence-electron chi connectivity index (χ3n) is 3.99. The van der Waals surface area contributed by atoms with Crippen LogP contribution in [0, 0.1) is 0 Å². The Bertz CT molecular complexity index is 469. The molecule has 3 aliphatic rings. The third-order valence-corrected chi connectivity index (χ3v) is 5.26. The van der Waals surface area contributed by atoms with E-state index in [4.69, 9.17) is 4.74 Å². The molecule has 4 nitrogen and oxygen atoms in total. The maximum absolute atomic E-state index is 12.1. The van der Waals surface area contributed by atoms with Gasteiger partial charge in [-0.2, -0.15) is 0 Å². The zero-order valence-electron chi connectivity index (χ0n) is 11.3. The lowest BCUT2D eigenvalue weighted by Gasteiger charge is -2.36. The number of nitrogens with zero attached hydrogens (tertiary/aromatic N) is 1. The van der Waals surface area contributed by atoms with Crippen molar-refractivity contribution in [1.29, 1.82) is 0 Å². The summed E-state index contributed by atoms with van der Waals surface area (Å²) in [6.45, 7) is 4.76. The molecule has 0 radical (unpaired) electrons. The van der Waals surface area contributed by atoms with Gasteiger partial charge in [-0.1, -0.05) is 11.8 Å². The Labute approximate surface area is 117 Å². The molecule has 0 aromatic carbocycles. The van der Waals surface area contributed by atoms with Crippen molar-refractivity contribution in [1.82, 2.24) is 4.90 Å². The van der Waals surface area contributed by atoms with Gasteiger partial charge in [-0.3, -0.25) is 4.79 Å². The average molecular weight is 281 g/mol. The molecular formula is C14H19NO3S. The lowest BCUT2D eigenvalue weighted by molar-refractivity contribution is -0.134. The average Bonchev–Trinajstić information content (AvgIpc) is 2.61. The Morgan fingerprint density at radius 3 is 3.00 bits per heavy atom. The Hall–Kier alpha value is -0.940. The second-order valence-electron chi connectivity index (χ2n) is 5.79. The van der Waals surface area contributed by atoms with Gasteiger partial charge in [-0.15, -0.1) is 0 Å².